The van der Waals surface area contributed by atoms with Crippen LogP contribution in [0.1, 0.15) is 30.9 Å². The Labute approximate surface area is 111 Å². The van der Waals surface area contributed by atoms with E-state index in [0.29, 0.717) is 18.9 Å². The van der Waals surface area contributed by atoms with E-state index in [2.05, 4.69) is 20.5 Å². The average Bonchev–Trinajstić information content (AvgIpc) is 2.89. The predicted octanol–water partition coefficient (Wildman–Crippen LogP) is 0.136. The van der Waals surface area contributed by atoms with Gasteiger partial charge in [0.1, 0.15) is 5.82 Å². The average molecular weight is 264 g/mol. The largest absolute Gasteiger partial charge is 0.331 e. The van der Waals surface area contributed by atoms with Gasteiger partial charge in [-0.15, -0.1) is 0 Å². The lowest BCUT2D eigenvalue weighted by molar-refractivity contribution is 0.125. The number of amides is 2. The molecule has 2 amide bonds. The summed E-state index contributed by atoms with van der Waals surface area (Å²) in [7, 11) is 0. The Morgan fingerprint density at radius 3 is 2.95 bits per heavy atom. The van der Waals surface area contributed by atoms with Crippen molar-refractivity contribution in [3.63, 3.8) is 0 Å². The summed E-state index contributed by atoms with van der Waals surface area (Å²) in [4.78, 5) is 18.1. The molecule has 1 unspecified atom stereocenters. The maximum Gasteiger partial charge on any atom is 0.317 e. The number of nitrogens with two attached hydrogens (primary N) is 1. The van der Waals surface area contributed by atoms with Gasteiger partial charge in [-0.1, -0.05) is 6.42 Å². The van der Waals surface area contributed by atoms with Gasteiger partial charge >= 0.3 is 6.03 Å². The highest BCUT2D eigenvalue weighted by molar-refractivity contribution is 5.74. The van der Waals surface area contributed by atoms with Crippen LogP contribution in [-0.4, -0.2) is 45.2 Å². The highest BCUT2D eigenvalue weighted by Crippen LogP contribution is 2.47. The Balaban J connectivity index is 1.54. The van der Waals surface area contributed by atoms with E-state index in [1.165, 1.54) is 6.42 Å². The highest BCUT2D eigenvalue weighted by atomic mass is 16.2. The SMILES string of the molecule is Cc1nc(CNC(=O)N2CC(N)C3(CCC3)C2)n[nH]1. The van der Waals surface area contributed by atoms with Gasteiger partial charge in [0.05, 0.1) is 6.54 Å². The van der Waals surface area contributed by atoms with E-state index in [1.807, 2.05) is 11.8 Å². The van der Waals surface area contributed by atoms with Crippen molar-refractivity contribution in [3.05, 3.63) is 11.6 Å². The highest BCUT2D eigenvalue weighted by Gasteiger charge is 2.49. The number of H-pyrrole nitrogens is 1. The normalized spacial score (nSPS) is 24.5. The van der Waals surface area contributed by atoms with Gasteiger partial charge < -0.3 is 16.0 Å². The Kier molecular flexibility index (Phi) is 2.93. The molecule has 3 rings (SSSR count). The number of aromatic nitrogens is 3. The molecule has 0 bridgehead atoms. The fourth-order valence-electron chi connectivity index (χ4n) is 3.04. The number of urea groups is 1. The molecule has 2 aliphatic rings. The van der Waals surface area contributed by atoms with E-state index in [4.69, 9.17) is 5.73 Å². The third-order valence-electron chi connectivity index (χ3n) is 4.39. The van der Waals surface area contributed by atoms with Crippen molar-refractivity contribution in [1.82, 2.24) is 25.4 Å². The molecule has 2 heterocycles. The first-order valence-corrected chi connectivity index (χ1v) is 6.75. The van der Waals surface area contributed by atoms with Gasteiger partial charge in [-0.25, -0.2) is 9.78 Å². The van der Waals surface area contributed by atoms with Crippen molar-refractivity contribution >= 4 is 6.03 Å². The molecule has 7 heteroatoms. The fraction of sp³-hybridized carbons (Fsp3) is 0.750. The van der Waals surface area contributed by atoms with E-state index in [9.17, 15) is 4.79 Å². The van der Waals surface area contributed by atoms with Crippen LogP contribution in [0.25, 0.3) is 0 Å². The monoisotopic (exact) mass is 264 g/mol. The zero-order valence-corrected chi connectivity index (χ0v) is 11.1. The number of likely N-dealkylation sites (tertiary alicyclic amines) is 1. The number of aromatic amines is 1. The number of hydrogen-bond acceptors (Lipinski definition) is 4. The molecular formula is C12H20N6O. The minimum Gasteiger partial charge on any atom is -0.331 e. The molecule has 0 aromatic carbocycles. The fourth-order valence-corrected chi connectivity index (χ4v) is 3.04. The Morgan fingerprint density at radius 2 is 2.42 bits per heavy atom. The predicted molar refractivity (Wildman–Crippen MR) is 69.2 cm³/mol. The Hall–Kier alpha value is -1.63. The molecule has 1 aromatic heterocycles. The number of hydrogen-bond donors (Lipinski definition) is 3. The lowest BCUT2D eigenvalue weighted by Crippen LogP contribution is -2.45. The summed E-state index contributed by atoms with van der Waals surface area (Å²) in [5.41, 5.74) is 6.36. The van der Waals surface area contributed by atoms with Crippen LogP contribution in [0.4, 0.5) is 4.79 Å². The van der Waals surface area contributed by atoms with Crippen LogP contribution in [-0.2, 0) is 6.54 Å². The molecule has 1 spiro atoms. The van der Waals surface area contributed by atoms with Crippen LogP contribution in [0.15, 0.2) is 0 Å². The second-order valence-electron chi connectivity index (χ2n) is 5.70. The molecule has 0 radical (unpaired) electrons. The van der Waals surface area contributed by atoms with Crippen molar-refractivity contribution in [3.8, 4) is 0 Å². The van der Waals surface area contributed by atoms with Crippen LogP contribution in [0, 0.1) is 12.3 Å². The van der Waals surface area contributed by atoms with Gasteiger partial charge in [-0.2, -0.15) is 5.10 Å². The van der Waals surface area contributed by atoms with E-state index < -0.39 is 0 Å². The quantitative estimate of drug-likeness (QED) is 0.707. The van der Waals surface area contributed by atoms with Gasteiger partial charge in [0.25, 0.3) is 0 Å². The molecule has 104 valence electrons. The molecule has 1 aromatic rings. The van der Waals surface area contributed by atoms with Gasteiger partial charge in [0.2, 0.25) is 0 Å². The van der Waals surface area contributed by atoms with E-state index in [-0.39, 0.29) is 17.5 Å². The second-order valence-corrected chi connectivity index (χ2v) is 5.70. The standard InChI is InChI=1S/C12H20N6O/c1-8-15-10(17-16-8)5-14-11(19)18-6-9(13)12(7-18)3-2-4-12/h9H,2-7,13H2,1H3,(H,14,19)(H,15,16,17). The Morgan fingerprint density at radius 1 is 1.63 bits per heavy atom. The van der Waals surface area contributed by atoms with Gasteiger partial charge in [0, 0.05) is 24.5 Å². The molecule has 19 heavy (non-hydrogen) atoms. The van der Waals surface area contributed by atoms with Crippen LogP contribution in [0.2, 0.25) is 0 Å². The van der Waals surface area contributed by atoms with E-state index in [1.54, 1.807) is 0 Å². The minimum absolute atomic E-state index is 0.0679. The van der Waals surface area contributed by atoms with Gasteiger partial charge in [-0.05, 0) is 19.8 Å². The summed E-state index contributed by atoms with van der Waals surface area (Å²) in [6.45, 7) is 3.62. The molecule has 7 nitrogen and oxygen atoms in total. The molecule has 1 aliphatic heterocycles. The van der Waals surface area contributed by atoms with E-state index in [0.717, 1.165) is 25.2 Å². The number of nitrogens with zero attached hydrogens (tertiary/aromatic N) is 3. The first-order chi connectivity index (χ1) is 9.09. The van der Waals surface area contributed by atoms with Crippen LogP contribution in [0.3, 0.4) is 0 Å². The summed E-state index contributed by atoms with van der Waals surface area (Å²) in [5, 5.41) is 9.59. The summed E-state index contributed by atoms with van der Waals surface area (Å²) in [6, 6.07) is 0.0550. The maximum absolute atomic E-state index is 12.1. The van der Waals surface area contributed by atoms with Crippen LogP contribution >= 0.6 is 0 Å². The second kappa shape index (κ2) is 4.48. The molecule has 1 aliphatic carbocycles. The molecule has 1 atom stereocenters. The molecular weight excluding hydrogens is 244 g/mol. The zero-order chi connectivity index (χ0) is 13.5. The summed E-state index contributed by atoms with van der Waals surface area (Å²) in [6.07, 6.45) is 3.54. The number of carbonyl (C=O) groups excluding carboxylic acids is 1. The number of carbonyl (C=O) groups is 1. The van der Waals surface area contributed by atoms with Gasteiger partial charge in [0.15, 0.2) is 5.82 Å². The smallest absolute Gasteiger partial charge is 0.317 e. The van der Waals surface area contributed by atoms with Crippen molar-refractivity contribution in [1.29, 1.82) is 0 Å². The molecule has 1 saturated carbocycles. The molecule has 2 fully saturated rings. The molecule has 1 saturated heterocycles. The zero-order valence-electron chi connectivity index (χ0n) is 11.1. The third kappa shape index (κ3) is 2.18. The first kappa shape index (κ1) is 12.4. The number of aryl methyl sites for hydroxylation is 1. The van der Waals surface area contributed by atoms with Crippen molar-refractivity contribution in [2.75, 3.05) is 13.1 Å². The topological polar surface area (TPSA) is 99.9 Å². The summed E-state index contributed by atoms with van der Waals surface area (Å²) >= 11 is 0. The third-order valence-corrected chi connectivity index (χ3v) is 4.39. The van der Waals surface area contributed by atoms with Crippen LogP contribution < -0.4 is 11.1 Å². The van der Waals surface area contributed by atoms with Crippen LogP contribution in [0.5, 0.6) is 0 Å². The lowest BCUT2D eigenvalue weighted by atomic mass is 9.66. The lowest BCUT2D eigenvalue weighted by Gasteiger charge is -2.41. The minimum atomic E-state index is -0.0679. The maximum atomic E-state index is 12.1. The van der Waals surface area contributed by atoms with Gasteiger partial charge in [-0.3, -0.25) is 5.10 Å². The Bertz CT molecular complexity index is 480. The number of nitrogens with one attached hydrogen (secondary N) is 2. The first-order valence-electron chi connectivity index (χ1n) is 6.75. The van der Waals surface area contributed by atoms with E-state index >= 15 is 0 Å². The number of rotatable bonds is 2. The molecule has 4 N–H and O–H groups in total. The van der Waals surface area contributed by atoms with Crippen molar-refractivity contribution in [2.24, 2.45) is 11.1 Å². The summed E-state index contributed by atoms with van der Waals surface area (Å²) in [5.74, 6) is 1.36. The summed E-state index contributed by atoms with van der Waals surface area (Å²) < 4.78 is 0. The van der Waals surface area contributed by atoms with Crippen molar-refractivity contribution < 1.29 is 4.79 Å². The van der Waals surface area contributed by atoms with Crippen molar-refractivity contribution in [2.45, 2.75) is 38.8 Å².